The summed E-state index contributed by atoms with van der Waals surface area (Å²) < 4.78 is 10.4. The zero-order valence-electron chi connectivity index (χ0n) is 13.4. The van der Waals surface area contributed by atoms with Crippen molar-refractivity contribution >= 4 is 34.9 Å². The van der Waals surface area contributed by atoms with Gasteiger partial charge >= 0.3 is 5.97 Å². The predicted molar refractivity (Wildman–Crippen MR) is 92.2 cm³/mol. The molecule has 0 N–H and O–H groups in total. The Balaban J connectivity index is 1.74. The predicted octanol–water partition coefficient (Wildman–Crippen LogP) is 2.72. The molecule has 2 aromatic carbocycles. The molecule has 1 aliphatic rings. The second-order valence-electron chi connectivity index (χ2n) is 5.43. The first kappa shape index (κ1) is 17.7. The number of halogens is 1. The van der Waals surface area contributed by atoms with Crippen LogP contribution in [0.4, 0.5) is 11.4 Å². The lowest BCUT2D eigenvalue weighted by Gasteiger charge is -2.28. The van der Waals surface area contributed by atoms with Gasteiger partial charge in [-0.2, -0.15) is 0 Å². The monoisotopic (exact) mass is 376 g/mol. The number of nitro groups is 1. The summed E-state index contributed by atoms with van der Waals surface area (Å²) in [5.74, 6) is -0.876. The highest BCUT2D eigenvalue weighted by atomic mass is 35.5. The number of nitrogens with zero attached hydrogens (tertiary/aromatic N) is 2. The van der Waals surface area contributed by atoms with Crippen LogP contribution in [0.25, 0.3) is 0 Å². The van der Waals surface area contributed by atoms with Crippen LogP contribution >= 0.6 is 11.6 Å². The van der Waals surface area contributed by atoms with E-state index in [2.05, 4.69) is 0 Å². The number of rotatable bonds is 5. The van der Waals surface area contributed by atoms with Crippen molar-refractivity contribution in [1.29, 1.82) is 0 Å². The van der Waals surface area contributed by atoms with Crippen LogP contribution < -0.4 is 9.64 Å². The minimum Gasteiger partial charge on any atom is -0.482 e. The molecule has 0 spiro atoms. The van der Waals surface area contributed by atoms with E-state index in [1.165, 1.54) is 18.2 Å². The van der Waals surface area contributed by atoms with Crippen molar-refractivity contribution in [1.82, 2.24) is 0 Å². The van der Waals surface area contributed by atoms with Crippen molar-refractivity contribution in [3.05, 3.63) is 63.2 Å². The molecule has 0 aromatic heterocycles. The van der Waals surface area contributed by atoms with E-state index in [0.717, 1.165) is 4.90 Å². The molecule has 0 fully saturated rings. The van der Waals surface area contributed by atoms with Crippen molar-refractivity contribution in [2.24, 2.45) is 0 Å². The number of ether oxygens (including phenoxy) is 2. The van der Waals surface area contributed by atoms with Gasteiger partial charge < -0.3 is 9.47 Å². The molecule has 1 heterocycles. The van der Waals surface area contributed by atoms with Crippen LogP contribution in [0.1, 0.15) is 5.56 Å². The Morgan fingerprint density at radius 3 is 2.81 bits per heavy atom. The summed E-state index contributed by atoms with van der Waals surface area (Å²) >= 11 is 6.00. The van der Waals surface area contributed by atoms with Crippen molar-refractivity contribution in [3.8, 4) is 5.75 Å². The van der Waals surface area contributed by atoms with E-state index in [1.54, 1.807) is 24.3 Å². The molecular formula is C17H13ClN2O6. The topological polar surface area (TPSA) is 99.0 Å². The fourth-order valence-electron chi connectivity index (χ4n) is 2.43. The van der Waals surface area contributed by atoms with Gasteiger partial charge in [0.05, 0.1) is 10.6 Å². The zero-order chi connectivity index (χ0) is 18.7. The first-order valence-electron chi connectivity index (χ1n) is 7.56. The van der Waals surface area contributed by atoms with E-state index in [-0.39, 0.29) is 36.9 Å². The summed E-state index contributed by atoms with van der Waals surface area (Å²) in [6.45, 7) is -0.692. The Bertz CT molecular complexity index is 885. The first-order valence-corrected chi connectivity index (χ1v) is 7.94. The number of non-ortho nitro benzene ring substituents is 1. The van der Waals surface area contributed by atoms with Gasteiger partial charge in [-0.1, -0.05) is 29.8 Å². The third kappa shape index (κ3) is 3.75. The van der Waals surface area contributed by atoms with E-state index in [4.69, 9.17) is 21.1 Å². The van der Waals surface area contributed by atoms with E-state index in [9.17, 15) is 19.7 Å². The number of benzene rings is 2. The normalized spacial score (nSPS) is 13.0. The van der Waals surface area contributed by atoms with Crippen molar-refractivity contribution < 1.29 is 24.0 Å². The molecule has 26 heavy (non-hydrogen) atoms. The molecule has 9 heteroatoms. The lowest BCUT2D eigenvalue weighted by atomic mass is 10.2. The van der Waals surface area contributed by atoms with Gasteiger partial charge in [0.1, 0.15) is 18.9 Å². The third-order valence-corrected chi connectivity index (χ3v) is 4.10. The molecule has 0 radical (unpaired) electrons. The van der Waals surface area contributed by atoms with Crippen LogP contribution in [-0.4, -0.2) is 30.0 Å². The fourth-order valence-corrected chi connectivity index (χ4v) is 2.62. The zero-order valence-corrected chi connectivity index (χ0v) is 14.1. The Morgan fingerprint density at radius 2 is 2.08 bits per heavy atom. The molecule has 0 unspecified atom stereocenters. The summed E-state index contributed by atoms with van der Waals surface area (Å²) in [5, 5.41) is 11.4. The molecule has 0 saturated carbocycles. The van der Waals surface area contributed by atoms with Gasteiger partial charge in [0.25, 0.3) is 11.6 Å². The quantitative estimate of drug-likeness (QED) is 0.452. The van der Waals surface area contributed by atoms with Crippen LogP contribution in [0.5, 0.6) is 5.75 Å². The maximum Gasteiger partial charge on any atom is 0.326 e. The highest BCUT2D eigenvalue weighted by molar-refractivity contribution is 6.31. The second-order valence-corrected chi connectivity index (χ2v) is 5.84. The van der Waals surface area contributed by atoms with Crippen molar-refractivity contribution in [3.63, 3.8) is 0 Å². The molecule has 134 valence electrons. The molecule has 0 aliphatic carbocycles. The Kier molecular flexibility index (Phi) is 5.04. The summed E-state index contributed by atoms with van der Waals surface area (Å²) in [4.78, 5) is 35.7. The number of fused-ring (bicyclic) bond motifs is 1. The smallest absolute Gasteiger partial charge is 0.326 e. The van der Waals surface area contributed by atoms with Crippen LogP contribution in [-0.2, 0) is 20.9 Å². The molecule has 8 nitrogen and oxygen atoms in total. The molecule has 0 bridgehead atoms. The molecule has 1 aliphatic heterocycles. The van der Waals surface area contributed by atoms with Gasteiger partial charge in [0.2, 0.25) is 0 Å². The van der Waals surface area contributed by atoms with Gasteiger partial charge in [-0.05, 0) is 12.1 Å². The summed E-state index contributed by atoms with van der Waals surface area (Å²) in [5.41, 5.74) is 0.577. The lowest BCUT2D eigenvalue weighted by Crippen LogP contribution is -2.42. The number of anilines is 1. The summed E-state index contributed by atoms with van der Waals surface area (Å²) in [6.07, 6.45) is 0. The number of amides is 1. The Labute approximate surface area is 153 Å². The van der Waals surface area contributed by atoms with Gasteiger partial charge in [-0.3, -0.25) is 24.6 Å². The van der Waals surface area contributed by atoms with E-state index < -0.39 is 16.8 Å². The van der Waals surface area contributed by atoms with Crippen LogP contribution in [0, 0.1) is 10.1 Å². The molecule has 0 saturated heterocycles. The molecular weight excluding hydrogens is 364 g/mol. The van der Waals surface area contributed by atoms with E-state index in [1.807, 2.05) is 0 Å². The molecule has 2 aromatic rings. The molecule has 1 amide bonds. The minimum absolute atomic E-state index is 0.0428. The fraction of sp³-hybridized carbons (Fsp3) is 0.176. The highest BCUT2D eigenvalue weighted by Gasteiger charge is 2.29. The summed E-state index contributed by atoms with van der Waals surface area (Å²) in [6, 6.07) is 10.7. The second kappa shape index (κ2) is 7.40. The standard InChI is InChI=1S/C17H13ClN2O6/c18-13-4-2-1-3-11(13)9-26-17(22)8-19-14-7-12(20(23)24)5-6-15(14)25-10-16(19)21/h1-7H,8-10H2. The van der Waals surface area contributed by atoms with Crippen LogP contribution in [0.2, 0.25) is 5.02 Å². The number of hydrogen-bond acceptors (Lipinski definition) is 6. The lowest BCUT2D eigenvalue weighted by molar-refractivity contribution is -0.384. The third-order valence-electron chi connectivity index (χ3n) is 3.73. The SMILES string of the molecule is O=C(CN1C(=O)COc2ccc([N+](=O)[O-])cc21)OCc1ccccc1Cl. The number of carbonyl (C=O) groups excluding carboxylic acids is 2. The first-order chi connectivity index (χ1) is 12.5. The molecule has 3 rings (SSSR count). The Morgan fingerprint density at radius 1 is 1.31 bits per heavy atom. The number of carbonyl (C=O) groups is 2. The number of hydrogen-bond donors (Lipinski definition) is 0. The highest BCUT2D eigenvalue weighted by Crippen LogP contribution is 2.35. The van der Waals surface area contributed by atoms with Crippen LogP contribution in [0.3, 0.4) is 0 Å². The van der Waals surface area contributed by atoms with Gasteiger partial charge in [0, 0.05) is 22.7 Å². The van der Waals surface area contributed by atoms with E-state index >= 15 is 0 Å². The number of nitro benzene ring substituents is 1. The maximum absolute atomic E-state index is 12.1. The van der Waals surface area contributed by atoms with E-state index in [0.29, 0.717) is 10.6 Å². The van der Waals surface area contributed by atoms with Crippen molar-refractivity contribution in [2.75, 3.05) is 18.1 Å². The van der Waals surface area contributed by atoms with Crippen molar-refractivity contribution in [2.45, 2.75) is 6.61 Å². The summed E-state index contributed by atoms with van der Waals surface area (Å²) in [7, 11) is 0. The van der Waals surface area contributed by atoms with Gasteiger partial charge in [-0.25, -0.2) is 0 Å². The molecule has 0 atom stereocenters. The number of esters is 1. The average Bonchev–Trinajstić information content (AvgIpc) is 2.63. The van der Waals surface area contributed by atoms with Gasteiger partial charge in [-0.15, -0.1) is 0 Å². The maximum atomic E-state index is 12.1. The van der Waals surface area contributed by atoms with Gasteiger partial charge in [0.15, 0.2) is 6.61 Å². The minimum atomic E-state index is -0.669. The average molecular weight is 377 g/mol. The Hall–Kier alpha value is -3.13. The van der Waals surface area contributed by atoms with Crippen LogP contribution in [0.15, 0.2) is 42.5 Å². The largest absolute Gasteiger partial charge is 0.482 e.